The number of nitrogens with zero attached hydrogens (tertiary/aromatic N) is 3. The Hall–Kier alpha value is -1.77. The SMILES string of the molecule is COC(C)CCc1nnc(S(N)(=O)=O)n1-c1ccccc1. The molecular weight excluding hydrogens is 292 g/mol. The number of hydrogen-bond acceptors (Lipinski definition) is 5. The van der Waals surface area contributed by atoms with E-state index in [-0.39, 0.29) is 11.3 Å². The maximum atomic E-state index is 11.7. The number of benzene rings is 1. The van der Waals surface area contributed by atoms with Crippen LogP contribution in [0.15, 0.2) is 35.5 Å². The van der Waals surface area contributed by atoms with Gasteiger partial charge in [0.15, 0.2) is 0 Å². The second-order valence-electron chi connectivity index (χ2n) is 4.70. The molecule has 21 heavy (non-hydrogen) atoms. The van der Waals surface area contributed by atoms with E-state index in [2.05, 4.69) is 10.2 Å². The van der Waals surface area contributed by atoms with E-state index in [1.54, 1.807) is 19.2 Å². The normalized spacial score (nSPS) is 13.3. The van der Waals surface area contributed by atoms with Gasteiger partial charge in [0.1, 0.15) is 5.82 Å². The van der Waals surface area contributed by atoms with Crippen LogP contribution in [0.5, 0.6) is 0 Å². The molecule has 1 atom stereocenters. The van der Waals surface area contributed by atoms with Crippen molar-refractivity contribution in [3.63, 3.8) is 0 Å². The highest BCUT2D eigenvalue weighted by molar-refractivity contribution is 7.89. The number of ether oxygens (including phenoxy) is 1. The maximum Gasteiger partial charge on any atom is 0.274 e. The number of primary sulfonamides is 1. The molecule has 1 aromatic carbocycles. The van der Waals surface area contributed by atoms with Crippen molar-refractivity contribution in [1.29, 1.82) is 0 Å². The van der Waals surface area contributed by atoms with Crippen molar-refractivity contribution < 1.29 is 13.2 Å². The van der Waals surface area contributed by atoms with Crippen LogP contribution in [0.4, 0.5) is 0 Å². The predicted octanol–water partition coefficient (Wildman–Crippen LogP) is 0.882. The van der Waals surface area contributed by atoms with Gasteiger partial charge in [-0.15, -0.1) is 10.2 Å². The molecule has 114 valence electrons. The Labute approximate surface area is 123 Å². The number of nitrogens with two attached hydrogens (primary N) is 1. The lowest BCUT2D eigenvalue weighted by molar-refractivity contribution is 0.110. The molecule has 0 bridgehead atoms. The molecule has 2 N–H and O–H groups in total. The van der Waals surface area contributed by atoms with Crippen LogP contribution < -0.4 is 5.14 Å². The highest BCUT2D eigenvalue weighted by Crippen LogP contribution is 2.17. The van der Waals surface area contributed by atoms with Gasteiger partial charge in [0.2, 0.25) is 0 Å². The number of aryl methyl sites for hydroxylation is 1. The van der Waals surface area contributed by atoms with Gasteiger partial charge in [0.05, 0.1) is 6.10 Å². The Morgan fingerprint density at radius 2 is 1.95 bits per heavy atom. The highest BCUT2D eigenvalue weighted by atomic mass is 32.2. The summed E-state index contributed by atoms with van der Waals surface area (Å²) in [7, 11) is -2.32. The van der Waals surface area contributed by atoms with Gasteiger partial charge in [0, 0.05) is 19.2 Å². The lowest BCUT2D eigenvalue weighted by Gasteiger charge is -2.11. The van der Waals surface area contributed by atoms with Gasteiger partial charge in [0.25, 0.3) is 15.2 Å². The van der Waals surface area contributed by atoms with Crippen molar-refractivity contribution >= 4 is 10.0 Å². The minimum absolute atomic E-state index is 0.0452. The fourth-order valence-electron chi connectivity index (χ4n) is 1.93. The van der Waals surface area contributed by atoms with Gasteiger partial charge in [-0.25, -0.2) is 13.6 Å². The second kappa shape index (κ2) is 6.33. The number of aromatic nitrogens is 3. The first kappa shape index (κ1) is 15.6. The highest BCUT2D eigenvalue weighted by Gasteiger charge is 2.22. The summed E-state index contributed by atoms with van der Waals surface area (Å²) in [5.41, 5.74) is 0.659. The molecule has 1 aromatic heterocycles. The molecule has 2 aromatic rings. The van der Waals surface area contributed by atoms with Gasteiger partial charge in [-0.2, -0.15) is 0 Å². The third-order valence-electron chi connectivity index (χ3n) is 3.15. The number of hydrogen-bond donors (Lipinski definition) is 1. The maximum absolute atomic E-state index is 11.7. The zero-order valence-electron chi connectivity index (χ0n) is 11.9. The molecule has 0 aliphatic carbocycles. The quantitative estimate of drug-likeness (QED) is 0.853. The van der Waals surface area contributed by atoms with Crippen LogP contribution >= 0.6 is 0 Å². The minimum atomic E-state index is -3.95. The monoisotopic (exact) mass is 310 g/mol. The zero-order chi connectivity index (χ0) is 15.5. The second-order valence-corrected chi connectivity index (χ2v) is 6.15. The fourth-order valence-corrected chi connectivity index (χ4v) is 2.55. The lowest BCUT2D eigenvalue weighted by Crippen LogP contribution is -2.19. The van der Waals surface area contributed by atoms with Gasteiger partial charge in [-0.1, -0.05) is 18.2 Å². The first-order valence-corrected chi connectivity index (χ1v) is 8.03. The average Bonchev–Trinajstić information content (AvgIpc) is 2.89. The summed E-state index contributed by atoms with van der Waals surface area (Å²) in [6, 6.07) is 9.02. The van der Waals surface area contributed by atoms with E-state index in [1.165, 1.54) is 4.57 Å². The van der Waals surface area contributed by atoms with Gasteiger partial charge in [-0.05, 0) is 25.5 Å². The summed E-state index contributed by atoms with van der Waals surface area (Å²) >= 11 is 0. The van der Waals surface area contributed by atoms with Crippen molar-refractivity contribution in [3.05, 3.63) is 36.2 Å². The number of para-hydroxylation sites is 1. The first-order valence-electron chi connectivity index (χ1n) is 6.48. The molecule has 0 spiro atoms. The molecule has 8 heteroatoms. The van der Waals surface area contributed by atoms with E-state index < -0.39 is 10.0 Å². The number of sulfonamides is 1. The summed E-state index contributed by atoms with van der Waals surface area (Å²) in [5, 5.41) is 12.6. The van der Waals surface area contributed by atoms with Gasteiger partial charge < -0.3 is 4.74 Å². The summed E-state index contributed by atoms with van der Waals surface area (Å²) in [6.07, 6.45) is 1.28. The molecule has 0 saturated heterocycles. The van der Waals surface area contributed by atoms with Gasteiger partial charge >= 0.3 is 0 Å². The molecule has 1 heterocycles. The molecule has 1 unspecified atom stereocenters. The van der Waals surface area contributed by atoms with E-state index in [1.807, 2.05) is 25.1 Å². The first-order chi connectivity index (χ1) is 9.93. The Kier molecular flexibility index (Phi) is 4.71. The number of methoxy groups -OCH3 is 1. The Morgan fingerprint density at radius 1 is 1.29 bits per heavy atom. The van der Waals surface area contributed by atoms with Crippen LogP contribution in [-0.2, 0) is 21.2 Å². The molecule has 2 rings (SSSR count). The van der Waals surface area contributed by atoms with Crippen molar-refractivity contribution in [2.24, 2.45) is 5.14 Å². The van der Waals surface area contributed by atoms with Crippen LogP contribution in [0.25, 0.3) is 5.69 Å². The van der Waals surface area contributed by atoms with E-state index in [4.69, 9.17) is 9.88 Å². The Morgan fingerprint density at radius 3 is 2.52 bits per heavy atom. The van der Waals surface area contributed by atoms with Crippen molar-refractivity contribution in [2.45, 2.75) is 31.0 Å². The van der Waals surface area contributed by atoms with E-state index in [0.29, 0.717) is 24.4 Å². The van der Waals surface area contributed by atoms with Crippen molar-refractivity contribution in [2.75, 3.05) is 7.11 Å². The molecule has 7 nitrogen and oxygen atoms in total. The average molecular weight is 310 g/mol. The van der Waals surface area contributed by atoms with Crippen LogP contribution in [-0.4, -0.2) is 36.4 Å². The van der Waals surface area contributed by atoms with Crippen molar-refractivity contribution in [1.82, 2.24) is 14.8 Å². The van der Waals surface area contributed by atoms with Crippen LogP contribution in [0.1, 0.15) is 19.2 Å². The lowest BCUT2D eigenvalue weighted by atomic mass is 10.2. The van der Waals surface area contributed by atoms with E-state index >= 15 is 0 Å². The summed E-state index contributed by atoms with van der Waals surface area (Å²) < 4.78 is 30.0. The summed E-state index contributed by atoms with van der Waals surface area (Å²) in [4.78, 5) is 0. The summed E-state index contributed by atoms with van der Waals surface area (Å²) in [5.74, 6) is 0.536. The number of rotatable bonds is 6. The summed E-state index contributed by atoms with van der Waals surface area (Å²) in [6.45, 7) is 1.93. The molecule has 0 aliphatic rings. The molecule has 0 radical (unpaired) electrons. The molecular formula is C13H18N4O3S. The molecule has 0 amide bonds. The van der Waals surface area contributed by atoms with Gasteiger partial charge in [-0.3, -0.25) is 4.57 Å². The van der Waals surface area contributed by atoms with E-state index in [0.717, 1.165) is 0 Å². The van der Waals surface area contributed by atoms with Crippen LogP contribution in [0.3, 0.4) is 0 Å². The standard InChI is InChI=1S/C13H18N4O3S/c1-10(20-2)8-9-12-15-16-13(21(14,18)19)17(12)11-6-4-3-5-7-11/h3-7,10H,8-9H2,1-2H3,(H2,14,18,19). The molecule has 0 aliphatic heterocycles. The topological polar surface area (TPSA) is 100 Å². The smallest absolute Gasteiger partial charge is 0.274 e. The largest absolute Gasteiger partial charge is 0.382 e. The van der Waals surface area contributed by atoms with Crippen molar-refractivity contribution in [3.8, 4) is 5.69 Å². The molecule has 0 saturated carbocycles. The predicted molar refractivity (Wildman–Crippen MR) is 77.5 cm³/mol. The minimum Gasteiger partial charge on any atom is -0.382 e. The Bertz CT molecular complexity index is 697. The third kappa shape index (κ3) is 3.66. The third-order valence-corrected chi connectivity index (χ3v) is 3.92. The van der Waals surface area contributed by atoms with E-state index in [9.17, 15) is 8.42 Å². The van der Waals surface area contributed by atoms with Crippen LogP contribution in [0, 0.1) is 0 Å². The Balaban J connectivity index is 2.45. The fraction of sp³-hybridized carbons (Fsp3) is 0.385. The van der Waals surface area contributed by atoms with Crippen LogP contribution in [0.2, 0.25) is 0 Å². The molecule has 0 fully saturated rings. The zero-order valence-corrected chi connectivity index (χ0v) is 12.7.